The van der Waals surface area contributed by atoms with Crippen LogP contribution in [0.4, 0.5) is 0 Å². The summed E-state index contributed by atoms with van der Waals surface area (Å²) in [6.45, 7) is 6.63. The lowest BCUT2D eigenvalue weighted by molar-refractivity contribution is -0.870. The standard InChI is InChI=1S/C57H101N2O7P/c1-7-10-13-16-19-22-25-27-28-29-30-32-34-37-40-43-46-49-56(60)58-54(53-65-67(62,63)64-52-51-59(4,5)6)55(48-45-42-39-36-33-24-21-18-15-12-9-3)66-57(61)50-47-44-41-38-35-31-26-23-20-17-14-11-8-2/h10,13,19,22,27-28,30-32,35,37,40,45,48,54-55H,7-9,11-12,14-18,20-21,23-26,29,33-34,36,38-39,41-44,46-47,49-53H2,1-6H3,(H-,58,60,62,63)/b13-10-,22-19-,28-27-,32-30-,35-31-,40-37-,48-45-. The predicted molar refractivity (Wildman–Crippen MR) is 284 cm³/mol. The smallest absolute Gasteiger partial charge is 0.306 e. The maximum absolute atomic E-state index is 13.4. The van der Waals surface area contributed by atoms with Crippen LogP contribution >= 0.6 is 7.82 Å². The molecule has 0 spiro atoms. The van der Waals surface area contributed by atoms with Crippen molar-refractivity contribution in [1.29, 1.82) is 0 Å². The van der Waals surface area contributed by atoms with Crippen molar-refractivity contribution in [3.8, 4) is 0 Å². The Morgan fingerprint density at radius 3 is 1.48 bits per heavy atom. The van der Waals surface area contributed by atoms with Gasteiger partial charge in [-0.3, -0.25) is 14.2 Å². The molecule has 1 N–H and O–H groups in total. The number of esters is 1. The normalized spacial score (nSPS) is 14.6. The number of hydrogen-bond donors (Lipinski definition) is 1. The Morgan fingerprint density at radius 2 is 0.970 bits per heavy atom. The molecule has 0 aromatic heterocycles. The molecule has 0 saturated heterocycles. The monoisotopic (exact) mass is 957 g/mol. The van der Waals surface area contributed by atoms with Gasteiger partial charge in [-0.05, 0) is 96.0 Å². The van der Waals surface area contributed by atoms with E-state index in [-0.39, 0.29) is 31.3 Å². The van der Waals surface area contributed by atoms with Crippen LogP contribution in [0.3, 0.4) is 0 Å². The minimum Gasteiger partial charge on any atom is -0.756 e. The fraction of sp³-hybridized carbons (Fsp3) is 0.719. The number of carbonyl (C=O) groups excluding carboxylic acids is 2. The fourth-order valence-electron chi connectivity index (χ4n) is 7.14. The van der Waals surface area contributed by atoms with E-state index in [4.69, 9.17) is 13.8 Å². The van der Waals surface area contributed by atoms with Crippen LogP contribution < -0.4 is 10.2 Å². The van der Waals surface area contributed by atoms with E-state index in [0.717, 1.165) is 83.5 Å². The zero-order valence-electron chi connectivity index (χ0n) is 43.8. The van der Waals surface area contributed by atoms with Gasteiger partial charge in [-0.1, -0.05) is 190 Å². The number of nitrogens with one attached hydrogen (secondary N) is 1. The zero-order valence-corrected chi connectivity index (χ0v) is 44.7. The summed E-state index contributed by atoms with van der Waals surface area (Å²) < 4.78 is 30.1. The number of phosphoric acid groups is 1. The van der Waals surface area contributed by atoms with E-state index in [1.54, 1.807) is 6.08 Å². The van der Waals surface area contributed by atoms with Gasteiger partial charge in [0.15, 0.2) is 0 Å². The largest absolute Gasteiger partial charge is 0.756 e. The van der Waals surface area contributed by atoms with Crippen molar-refractivity contribution in [3.63, 3.8) is 0 Å². The molecule has 0 aliphatic heterocycles. The van der Waals surface area contributed by atoms with Crippen LogP contribution in [0.5, 0.6) is 0 Å². The maximum atomic E-state index is 13.4. The predicted octanol–water partition coefficient (Wildman–Crippen LogP) is 15.2. The summed E-state index contributed by atoms with van der Waals surface area (Å²) in [6, 6.07) is -0.925. The van der Waals surface area contributed by atoms with Crippen molar-refractivity contribution in [2.45, 2.75) is 226 Å². The highest BCUT2D eigenvalue weighted by atomic mass is 31.2. The highest BCUT2D eigenvalue weighted by molar-refractivity contribution is 7.45. The summed E-state index contributed by atoms with van der Waals surface area (Å²) in [7, 11) is 1.13. The van der Waals surface area contributed by atoms with Crippen LogP contribution in [0.2, 0.25) is 0 Å². The number of hydrogen-bond acceptors (Lipinski definition) is 7. The van der Waals surface area contributed by atoms with Gasteiger partial charge in [-0.25, -0.2) is 0 Å². The molecule has 67 heavy (non-hydrogen) atoms. The third-order valence-corrected chi connectivity index (χ3v) is 12.3. The molecule has 3 unspecified atom stereocenters. The van der Waals surface area contributed by atoms with Crippen LogP contribution in [-0.2, 0) is 27.9 Å². The van der Waals surface area contributed by atoms with Gasteiger partial charge in [0, 0.05) is 12.8 Å². The molecule has 0 heterocycles. The van der Waals surface area contributed by atoms with E-state index < -0.39 is 26.6 Å². The van der Waals surface area contributed by atoms with Gasteiger partial charge < -0.3 is 28.5 Å². The Kier molecular flexibility index (Phi) is 44.9. The van der Waals surface area contributed by atoms with Crippen LogP contribution in [0.25, 0.3) is 0 Å². The second kappa shape index (κ2) is 46.9. The van der Waals surface area contributed by atoms with Gasteiger partial charge in [0.2, 0.25) is 5.91 Å². The summed E-state index contributed by atoms with van der Waals surface area (Å²) in [6.07, 6.45) is 59.9. The topological polar surface area (TPSA) is 114 Å². The highest BCUT2D eigenvalue weighted by Crippen LogP contribution is 2.38. The Bertz CT molecular complexity index is 1430. The van der Waals surface area contributed by atoms with Gasteiger partial charge in [0.1, 0.15) is 19.3 Å². The molecular formula is C57H101N2O7P. The summed E-state index contributed by atoms with van der Waals surface area (Å²) >= 11 is 0. The number of phosphoric ester groups is 1. The van der Waals surface area contributed by atoms with Crippen LogP contribution in [0.1, 0.15) is 213 Å². The molecule has 386 valence electrons. The van der Waals surface area contributed by atoms with Crippen LogP contribution in [-0.4, -0.2) is 69.4 Å². The first-order valence-corrected chi connectivity index (χ1v) is 28.4. The first kappa shape index (κ1) is 64.2. The van der Waals surface area contributed by atoms with Crippen LogP contribution in [0, 0.1) is 0 Å². The Balaban J connectivity index is 5.51. The lowest BCUT2D eigenvalue weighted by atomic mass is 10.1. The third kappa shape index (κ3) is 48.0. The number of allylic oxidation sites excluding steroid dienone is 13. The molecule has 0 aliphatic carbocycles. The third-order valence-electron chi connectivity index (χ3n) is 11.3. The van der Waals surface area contributed by atoms with Crippen molar-refractivity contribution in [3.05, 3.63) is 85.1 Å². The molecule has 0 aromatic rings. The van der Waals surface area contributed by atoms with Crippen molar-refractivity contribution in [1.82, 2.24) is 5.32 Å². The van der Waals surface area contributed by atoms with Crippen LogP contribution in [0.15, 0.2) is 85.1 Å². The summed E-state index contributed by atoms with van der Waals surface area (Å²) in [5.41, 5.74) is 0. The molecule has 3 atom stereocenters. The van der Waals surface area contributed by atoms with E-state index >= 15 is 0 Å². The van der Waals surface area contributed by atoms with Crippen molar-refractivity contribution in [2.75, 3.05) is 40.9 Å². The SMILES string of the molecule is CC/C=C\C/C=C\C/C=C\C/C=C\C/C=C\CCCC(=O)NC(COP(=O)([O-])OCC[N+](C)(C)C)C(/C=C\CCCCCCCCCCC)OC(=O)CCCCC/C=C\CCCCCCCC. The van der Waals surface area contributed by atoms with Gasteiger partial charge in [0.05, 0.1) is 33.8 Å². The molecule has 0 fully saturated rings. The molecule has 0 radical (unpaired) electrons. The van der Waals surface area contributed by atoms with E-state index in [1.165, 1.54) is 83.5 Å². The molecule has 0 saturated carbocycles. The number of quaternary nitrogens is 1. The summed E-state index contributed by atoms with van der Waals surface area (Å²) in [5.74, 6) is -0.635. The number of unbranched alkanes of at least 4 members (excludes halogenated alkanes) is 19. The maximum Gasteiger partial charge on any atom is 0.306 e. The number of rotatable bonds is 47. The van der Waals surface area contributed by atoms with Crippen molar-refractivity contribution in [2.24, 2.45) is 0 Å². The molecule has 1 amide bonds. The molecule has 9 nitrogen and oxygen atoms in total. The second-order valence-electron chi connectivity index (χ2n) is 19.0. The average molecular weight is 957 g/mol. The molecular weight excluding hydrogens is 856 g/mol. The zero-order chi connectivity index (χ0) is 49.4. The fourth-order valence-corrected chi connectivity index (χ4v) is 7.86. The molecule has 10 heteroatoms. The highest BCUT2D eigenvalue weighted by Gasteiger charge is 2.27. The number of amides is 1. The minimum absolute atomic E-state index is 0.0386. The molecule has 0 aliphatic rings. The summed E-state index contributed by atoms with van der Waals surface area (Å²) in [4.78, 5) is 39.7. The lowest BCUT2D eigenvalue weighted by Crippen LogP contribution is -2.47. The molecule has 0 aromatic carbocycles. The van der Waals surface area contributed by atoms with E-state index in [2.05, 4.69) is 99.0 Å². The first-order chi connectivity index (χ1) is 32.4. The van der Waals surface area contributed by atoms with E-state index in [1.807, 2.05) is 27.2 Å². The van der Waals surface area contributed by atoms with Crippen molar-refractivity contribution >= 4 is 19.7 Å². The number of carbonyl (C=O) groups is 2. The summed E-state index contributed by atoms with van der Waals surface area (Å²) in [5, 5.41) is 2.97. The van der Waals surface area contributed by atoms with E-state index in [0.29, 0.717) is 23.9 Å². The van der Waals surface area contributed by atoms with Gasteiger partial charge >= 0.3 is 5.97 Å². The number of likely N-dealkylation sites (N-methyl/N-ethyl adjacent to an activating group) is 1. The van der Waals surface area contributed by atoms with Gasteiger partial charge in [-0.2, -0.15) is 0 Å². The quantitative estimate of drug-likeness (QED) is 0.0212. The van der Waals surface area contributed by atoms with E-state index in [9.17, 15) is 19.0 Å². The molecule has 0 bridgehead atoms. The van der Waals surface area contributed by atoms with Gasteiger partial charge in [-0.15, -0.1) is 0 Å². The molecule has 0 rings (SSSR count). The Hall–Kier alpha value is -2.81. The minimum atomic E-state index is -4.71. The number of ether oxygens (including phenoxy) is 1. The van der Waals surface area contributed by atoms with Crippen molar-refractivity contribution < 1.29 is 37.3 Å². The number of nitrogens with zero attached hydrogens (tertiary/aromatic N) is 1. The Labute approximate surface area is 412 Å². The average Bonchev–Trinajstić information content (AvgIpc) is 3.28. The second-order valence-corrected chi connectivity index (χ2v) is 20.4. The first-order valence-electron chi connectivity index (χ1n) is 26.9. The lowest BCUT2D eigenvalue weighted by Gasteiger charge is -2.30. The Morgan fingerprint density at radius 1 is 0.537 bits per heavy atom. The van der Waals surface area contributed by atoms with Gasteiger partial charge in [0.25, 0.3) is 7.82 Å².